The summed E-state index contributed by atoms with van der Waals surface area (Å²) in [5.74, 6) is 0.995. The molecule has 1 N–H and O–H groups in total. The smallest absolute Gasteiger partial charge is 0.220 e. The van der Waals surface area contributed by atoms with Crippen LogP contribution in [0.1, 0.15) is 57.6 Å². The number of amides is 1. The third-order valence-electron chi connectivity index (χ3n) is 6.89. The fraction of sp³-hybridized carbons (Fsp3) is 0.650. The van der Waals surface area contributed by atoms with Crippen molar-refractivity contribution in [1.29, 1.82) is 0 Å². The van der Waals surface area contributed by atoms with E-state index in [1.807, 2.05) is 0 Å². The van der Waals surface area contributed by atoms with Crippen molar-refractivity contribution < 1.29 is 4.79 Å². The zero-order chi connectivity index (χ0) is 16.0. The highest BCUT2D eigenvalue weighted by Gasteiger charge is 2.61. The van der Waals surface area contributed by atoms with Gasteiger partial charge in [-0.3, -0.25) is 4.79 Å². The summed E-state index contributed by atoms with van der Waals surface area (Å²) in [7, 11) is 0. The molecule has 0 saturated heterocycles. The largest absolute Gasteiger partial charge is 0.353 e. The van der Waals surface area contributed by atoms with Gasteiger partial charge in [0.05, 0.1) is 0 Å². The Bertz CT molecular complexity index is 560. The molecule has 0 radical (unpaired) electrons. The van der Waals surface area contributed by atoms with Crippen LogP contribution in [0.5, 0.6) is 0 Å². The van der Waals surface area contributed by atoms with Crippen LogP contribution in [-0.4, -0.2) is 11.9 Å². The van der Waals surface area contributed by atoms with Crippen LogP contribution in [0.3, 0.4) is 0 Å². The Balaban J connectivity index is 1.56. The highest BCUT2D eigenvalue weighted by molar-refractivity contribution is 5.76. The van der Waals surface area contributed by atoms with Crippen LogP contribution in [0.2, 0.25) is 0 Å². The van der Waals surface area contributed by atoms with Crippen LogP contribution in [0.15, 0.2) is 24.3 Å². The summed E-state index contributed by atoms with van der Waals surface area (Å²) in [4.78, 5) is 12.4. The van der Waals surface area contributed by atoms with Gasteiger partial charge in [0, 0.05) is 12.5 Å². The first-order valence-corrected chi connectivity index (χ1v) is 8.68. The number of rotatable bonds is 4. The average Bonchev–Trinajstić information content (AvgIpc) is 2.80. The third kappa shape index (κ3) is 2.47. The minimum atomic E-state index is 0.218. The monoisotopic (exact) mass is 299 g/mol. The molecule has 2 fully saturated rings. The Morgan fingerprint density at radius 2 is 1.91 bits per heavy atom. The molecule has 0 heterocycles. The fourth-order valence-electron chi connectivity index (χ4n) is 4.70. The van der Waals surface area contributed by atoms with Gasteiger partial charge in [-0.1, -0.05) is 50.6 Å². The topological polar surface area (TPSA) is 29.1 Å². The fourth-order valence-corrected chi connectivity index (χ4v) is 4.70. The second-order valence-electron chi connectivity index (χ2n) is 8.22. The maximum Gasteiger partial charge on any atom is 0.220 e. The van der Waals surface area contributed by atoms with Gasteiger partial charge in [-0.15, -0.1) is 0 Å². The van der Waals surface area contributed by atoms with E-state index >= 15 is 0 Å². The minimum Gasteiger partial charge on any atom is -0.353 e. The lowest BCUT2D eigenvalue weighted by Gasteiger charge is -2.39. The molecule has 3 atom stereocenters. The van der Waals surface area contributed by atoms with E-state index in [-0.39, 0.29) is 11.3 Å². The molecule has 0 spiro atoms. The van der Waals surface area contributed by atoms with E-state index in [4.69, 9.17) is 0 Å². The Morgan fingerprint density at radius 3 is 2.45 bits per heavy atom. The standard InChI is InChI=1S/C20H29NO/c1-14-5-7-15(8-6-14)9-10-18(22)21-17-13-16-11-12-20(17,4)19(16,2)3/h5-8,16-17H,9-13H2,1-4H3,(H,21,22). The number of hydrogen-bond acceptors (Lipinski definition) is 1. The number of aryl methyl sites for hydroxylation is 2. The molecule has 3 unspecified atom stereocenters. The lowest BCUT2D eigenvalue weighted by atomic mass is 9.69. The summed E-state index contributed by atoms with van der Waals surface area (Å²) in [5.41, 5.74) is 3.16. The average molecular weight is 299 g/mol. The predicted octanol–water partition coefficient (Wildman–Crippen LogP) is 4.26. The zero-order valence-electron chi connectivity index (χ0n) is 14.4. The molecular formula is C20H29NO. The molecule has 22 heavy (non-hydrogen) atoms. The summed E-state index contributed by atoms with van der Waals surface area (Å²) in [6.07, 6.45) is 5.19. The summed E-state index contributed by atoms with van der Waals surface area (Å²) in [6.45, 7) is 9.26. The molecule has 2 saturated carbocycles. The zero-order valence-corrected chi connectivity index (χ0v) is 14.4. The second-order valence-corrected chi connectivity index (χ2v) is 8.22. The van der Waals surface area contributed by atoms with Crippen molar-refractivity contribution in [3.63, 3.8) is 0 Å². The first-order chi connectivity index (χ1) is 10.3. The van der Waals surface area contributed by atoms with Crippen LogP contribution < -0.4 is 5.32 Å². The van der Waals surface area contributed by atoms with Crippen molar-refractivity contribution in [2.75, 3.05) is 0 Å². The molecular weight excluding hydrogens is 270 g/mol. The maximum atomic E-state index is 12.4. The van der Waals surface area contributed by atoms with E-state index in [0.717, 1.165) is 12.3 Å². The van der Waals surface area contributed by atoms with Crippen LogP contribution in [0.25, 0.3) is 0 Å². The van der Waals surface area contributed by atoms with E-state index < -0.39 is 0 Å². The molecule has 2 aliphatic carbocycles. The highest BCUT2D eigenvalue weighted by atomic mass is 16.1. The number of carbonyl (C=O) groups excluding carboxylic acids is 1. The molecule has 120 valence electrons. The molecule has 2 aliphatic rings. The van der Waals surface area contributed by atoms with Crippen LogP contribution in [0.4, 0.5) is 0 Å². The summed E-state index contributed by atoms with van der Waals surface area (Å²) in [5, 5.41) is 3.35. The lowest BCUT2D eigenvalue weighted by Crippen LogP contribution is -2.46. The summed E-state index contributed by atoms with van der Waals surface area (Å²) in [6, 6.07) is 8.86. The number of carbonyl (C=O) groups is 1. The number of hydrogen-bond donors (Lipinski definition) is 1. The van der Waals surface area contributed by atoms with E-state index in [1.165, 1.54) is 30.4 Å². The Kier molecular flexibility index (Phi) is 3.82. The Morgan fingerprint density at radius 1 is 1.23 bits per heavy atom. The van der Waals surface area contributed by atoms with Gasteiger partial charge < -0.3 is 5.32 Å². The summed E-state index contributed by atoms with van der Waals surface area (Å²) < 4.78 is 0. The van der Waals surface area contributed by atoms with Crippen LogP contribution >= 0.6 is 0 Å². The third-order valence-corrected chi connectivity index (χ3v) is 6.89. The van der Waals surface area contributed by atoms with Gasteiger partial charge in [0.2, 0.25) is 5.91 Å². The van der Waals surface area contributed by atoms with Gasteiger partial charge in [0.25, 0.3) is 0 Å². The van der Waals surface area contributed by atoms with Crippen molar-refractivity contribution in [2.24, 2.45) is 16.7 Å². The minimum absolute atomic E-state index is 0.218. The Labute approximate surface area is 134 Å². The van der Waals surface area contributed by atoms with Crippen molar-refractivity contribution >= 4 is 5.91 Å². The van der Waals surface area contributed by atoms with Crippen molar-refractivity contribution in [3.8, 4) is 0 Å². The second kappa shape index (κ2) is 5.40. The molecule has 2 nitrogen and oxygen atoms in total. The van der Waals surface area contributed by atoms with Crippen molar-refractivity contribution in [3.05, 3.63) is 35.4 Å². The lowest BCUT2D eigenvalue weighted by molar-refractivity contribution is -0.122. The van der Waals surface area contributed by atoms with Gasteiger partial charge in [-0.05, 0) is 54.9 Å². The molecule has 1 aromatic rings. The highest BCUT2D eigenvalue weighted by Crippen LogP contribution is 2.65. The quantitative estimate of drug-likeness (QED) is 0.884. The number of nitrogens with one attached hydrogen (secondary N) is 1. The SMILES string of the molecule is Cc1ccc(CCC(=O)NC2CC3CCC2(C)C3(C)C)cc1. The van der Waals surface area contributed by atoms with E-state index in [2.05, 4.69) is 57.3 Å². The van der Waals surface area contributed by atoms with Crippen LogP contribution in [0, 0.1) is 23.7 Å². The van der Waals surface area contributed by atoms with Crippen molar-refractivity contribution in [1.82, 2.24) is 5.32 Å². The molecule has 2 bridgehead atoms. The molecule has 0 aromatic heterocycles. The van der Waals surface area contributed by atoms with Crippen LogP contribution in [-0.2, 0) is 11.2 Å². The summed E-state index contributed by atoms with van der Waals surface area (Å²) >= 11 is 0. The molecule has 3 rings (SSSR count). The molecule has 1 aromatic carbocycles. The van der Waals surface area contributed by atoms with Crippen molar-refractivity contribution in [2.45, 2.75) is 65.8 Å². The van der Waals surface area contributed by atoms with Gasteiger partial charge in [-0.2, -0.15) is 0 Å². The van der Waals surface area contributed by atoms with E-state index in [0.29, 0.717) is 17.9 Å². The normalized spacial score (nSPS) is 32.2. The van der Waals surface area contributed by atoms with Gasteiger partial charge >= 0.3 is 0 Å². The van der Waals surface area contributed by atoms with Gasteiger partial charge in [0.15, 0.2) is 0 Å². The van der Waals surface area contributed by atoms with Gasteiger partial charge in [-0.25, -0.2) is 0 Å². The first kappa shape index (κ1) is 15.6. The predicted molar refractivity (Wildman–Crippen MR) is 90.7 cm³/mol. The molecule has 0 aliphatic heterocycles. The molecule has 2 heteroatoms. The number of benzene rings is 1. The number of fused-ring (bicyclic) bond motifs is 2. The van der Waals surface area contributed by atoms with Gasteiger partial charge in [0.1, 0.15) is 0 Å². The Hall–Kier alpha value is -1.31. The van der Waals surface area contributed by atoms with E-state index in [9.17, 15) is 4.79 Å². The first-order valence-electron chi connectivity index (χ1n) is 8.68. The molecule has 1 amide bonds. The van der Waals surface area contributed by atoms with E-state index in [1.54, 1.807) is 0 Å². The maximum absolute atomic E-state index is 12.4.